The number of nitrogens with zero attached hydrogens (tertiary/aromatic N) is 2. The molecular weight excluding hydrogens is 404 g/mol. The predicted octanol–water partition coefficient (Wildman–Crippen LogP) is 4.32. The Balaban J connectivity index is 1.38. The molecule has 0 aliphatic rings. The van der Waals surface area contributed by atoms with E-state index in [0.29, 0.717) is 28.8 Å². The van der Waals surface area contributed by atoms with Crippen LogP contribution in [0.1, 0.15) is 21.5 Å². The summed E-state index contributed by atoms with van der Waals surface area (Å²) in [5, 5.41) is 7.72. The number of carbonyl (C=O) groups excluding carboxylic acids is 1. The zero-order valence-corrected chi connectivity index (χ0v) is 17.3. The number of nitrogens with one attached hydrogen (secondary N) is 2. The zero-order chi connectivity index (χ0) is 22.1. The minimum Gasteiger partial charge on any atom is -0.489 e. The summed E-state index contributed by atoms with van der Waals surface area (Å²) in [6.07, 6.45) is 1.46. The molecule has 2 N–H and O–H groups in total. The van der Waals surface area contributed by atoms with Gasteiger partial charge < -0.3 is 15.0 Å². The molecule has 2 aromatic heterocycles. The highest BCUT2D eigenvalue weighted by Gasteiger charge is 2.17. The van der Waals surface area contributed by atoms with Crippen molar-refractivity contribution in [2.75, 3.05) is 5.32 Å². The topological polar surface area (TPSA) is 88.5 Å². The van der Waals surface area contributed by atoms with Crippen LogP contribution >= 0.6 is 0 Å². The molecule has 1 amide bonds. The van der Waals surface area contributed by atoms with Crippen LogP contribution in [-0.2, 0) is 6.61 Å². The Bertz CT molecular complexity index is 1500. The van der Waals surface area contributed by atoms with Gasteiger partial charge in [-0.1, -0.05) is 42.5 Å². The van der Waals surface area contributed by atoms with Crippen LogP contribution < -0.4 is 15.6 Å². The molecule has 2 heterocycles. The number of hydrogen-bond acceptors (Lipinski definition) is 4. The molecule has 0 radical (unpaired) electrons. The second-order valence-electron chi connectivity index (χ2n) is 7.50. The van der Waals surface area contributed by atoms with Crippen molar-refractivity contribution in [1.82, 2.24) is 14.6 Å². The first kappa shape index (κ1) is 19.6. The summed E-state index contributed by atoms with van der Waals surface area (Å²) in [6.45, 7) is 2.37. The van der Waals surface area contributed by atoms with E-state index in [1.54, 1.807) is 28.8 Å². The number of aromatic amines is 1. The van der Waals surface area contributed by atoms with Crippen LogP contribution in [0.15, 0.2) is 83.8 Å². The number of carbonyl (C=O) groups is 1. The minimum atomic E-state index is -0.355. The lowest BCUT2D eigenvalue weighted by atomic mass is 10.1. The molecule has 0 spiro atoms. The number of anilines is 1. The highest BCUT2D eigenvalue weighted by atomic mass is 16.5. The van der Waals surface area contributed by atoms with Gasteiger partial charge in [0, 0.05) is 5.69 Å². The van der Waals surface area contributed by atoms with Crippen LogP contribution in [0.25, 0.3) is 16.6 Å². The van der Waals surface area contributed by atoms with E-state index in [0.717, 1.165) is 16.9 Å². The maximum atomic E-state index is 13.0. The molecule has 158 valence electrons. The van der Waals surface area contributed by atoms with Gasteiger partial charge in [0.15, 0.2) is 0 Å². The second-order valence-corrected chi connectivity index (χ2v) is 7.50. The first-order valence-electron chi connectivity index (χ1n) is 10.2. The molecule has 5 rings (SSSR count). The monoisotopic (exact) mass is 424 g/mol. The average Bonchev–Trinajstić information content (AvgIpc) is 3.24. The summed E-state index contributed by atoms with van der Waals surface area (Å²) in [6, 6.07) is 22.6. The normalized spacial score (nSPS) is 11.0. The standard InChI is InChI=1S/C25H20N4O3/c1-16-13-18(32-15-17-7-3-2-4-8-17)11-12-21(16)27-25(31)20-14-26-29-22-10-6-5-9-19(22)24(30)28-23(20)29/h2-14H,15H2,1H3,(H,27,31)(H,28,30). The van der Waals surface area contributed by atoms with Crippen LogP contribution in [0, 0.1) is 6.92 Å². The lowest BCUT2D eigenvalue weighted by Crippen LogP contribution is -2.15. The van der Waals surface area contributed by atoms with Crippen molar-refractivity contribution in [2.45, 2.75) is 13.5 Å². The molecule has 0 unspecified atom stereocenters. The summed E-state index contributed by atoms with van der Waals surface area (Å²) < 4.78 is 7.42. The number of aryl methyl sites for hydroxylation is 1. The highest BCUT2D eigenvalue weighted by molar-refractivity contribution is 6.08. The van der Waals surface area contributed by atoms with Gasteiger partial charge in [0.2, 0.25) is 0 Å². The van der Waals surface area contributed by atoms with E-state index in [2.05, 4.69) is 15.4 Å². The number of hydrogen-bond donors (Lipinski definition) is 2. The fraction of sp³-hybridized carbons (Fsp3) is 0.0800. The van der Waals surface area contributed by atoms with E-state index in [4.69, 9.17) is 4.74 Å². The molecule has 7 nitrogen and oxygen atoms in total. The molecule has 0 saturated heterocycles. The number of H-pyrrole nitrogens is 1. The third-order valence-corrected chi connectivity index (χ3v) is 5.32. The first-order valence-corrected chi connectivity index (χ1v) is 10.2. The second kappa shape index (κ2) is 8.03. The van der Waals surface area contributed by atoms with Crippen molar-refractivity contribution in [3.63, 3.8) is 0 Å². The third-order valence-electron chi connectivity index (χ3n) is 5.32. The maximum absolute atomic E-state index is 13.0. The number of benzene rings is 3. The number of amides is 1. The largest absolute Gasteiger partial charge is 0.489 e. The summed E-state index contributed by atoms with van der Waals surface area (Å²) in [4.78, 5) is 28.2. The van der Waals surface area contributed by atoms with Gasteiger partial charge in [-0.25, -0.2) is 4.52 Å². The van der Waals surface area contributed by atoms with E-state index in [9.17, 15) is 9.59 Å². The Labute approximate surface area is 183 Å². The maximum Gasteiger partial charge on any atom is 0.261 e. The molecule has 7 heteroatoms. The summed E-state index contributed by atoms with van der Waals surface area (Å²) in [5.41, 5.74) is 3.62. The lowest BCUT2D eigenvalue weighted by molar-refractivity contribution is 0.102. The summed E-state index contributed by atoms with van der Waals surface area (Å²) in [7, 11) is 0. The third kappa shape index (κ3) is 3.60. The summed E-state index contributed by atoms with van der Waals surface area (Å²) in [5.74, 6) is 0.364. The van der Waals surface area contributed by atoms with E-state index in [-0.39, 0.29) is 17.0 Å². The fourth-order valence-electron chi connectivity index (χ4n) is 3.64. The average molecular weight is 424 g/mol. The van der Waals surface area contributed by atoms with Gasteiger partial charge in [-0.05, 0) is 48.4 Å². The van der Waals surface area contributed by atoms with E-state index >= 15 is 0 Å². The number of fused-ring (bicyclic) bond motifs is 3. The number of ether oxygens (including phenoxy) is 1. The quantitative estimate of drug-likeness (QED) is 0.440. The molecule has 0 fully saturated rings. The minimum absolute atomic E-state index is 0.265. The van der Waals surface area contributed by atoms with E-state index in [1.807, 2.05) is 55.5 Å². The van der Waals surface area contributed by atoms with Gasteiger partial charge in [-0.2, -0.15) is 5.10 Å². The van der Waals surface area contributed by atoms with Gasteiger partial charge in [0.1, 0.15) is 23.6 Å². The van der Waals surface area contributed by atoms with Crippen LogP contribution in [0.3, 0.4) is 0 Å². The van der Waals surface area contributed by atoms with Gasteiger partial charge in [0.05, 0.1) is 17.1 Å². The van der Waals surface area contributed by atoms with Crippen LogP contribution in [0.4, 0.5) is 5.69 Å². The molecule has 0 aliphatic carbocycles. The number of para-hydroxylation sites is 1. The van der Waals surface area contributed by atoms with Crippen molar-refractivity contribution in [1.29, 1.82) is 0 Å². The summed E-state index contributed by atoms with van der Waals surface area (Å²) >= 11 is 0. The number of rotatable bonds is 5. The Morgan fingerprint density at radius 3 is 2.66 bits per heavy atom. The van der Waals surface area contributed by atoms with Crippen molar-refractivity contribution >= 4 is 28.1 Å². The van der Waals surface area contributed by atoms with Crippen molar-refractivity contribution in [3.8, 4) is 5.75 Å². The lowest BCUT2D eigenvalue weighted by Gasteiger charge is -2.11. The molecular formula is C25H20N4O3. The first-order chi connectivity index (χ1) is 15.6. The molecule has 0 saturated carbocycles. The van der Waals surface area contributed by atoms with E-state index in [1.165, 1.54) is 6.20 Å². The molecule has 32 heavy (non-hydrogen) atoms. The van der Waals surface area contributed by atoms with Crippen molar-refractivity contribution in [2.24, 2.45) is 0 Å². The fourth-order valence-corrected chi connectivity index (χ4v) is 3.64. The van der Waals surface area contributed by atoms with Gasteiger partial charge in [-0.15, -0.1) is 0 Å². The molecule has 3 aromatic carbocycles. The molecule has 0 bridgehead atoms. The van der Waals surface area contributed by atoms with Gasteiger partial charge in [0.25, 0.3) is 11.5 Å². The van der Waals surface area contributed by atoms with Crippen molar-refractivity contribution in [3.05, 3.63) is 106 Å². The predicted molar refractivity (Wildman–Crippen MR) is 123 cm³/mol. The number of aromatic nitrogens is 3. The zero-order valence-electron chi connectivity index (χ0n) is 17.3. The van der Waals surface area contributed by atoms with Crippen LogP contribution in [0.5, 0.6) is 5.75 Å². The SMILES string of the molecule is Cc1cc(OCc2ccccc2)ccc1NC(=O)c1cnn2c1[nH]c(=O)c1ccccc12. The molecule has 5 aromatic rings. The van der Waals surface area contributed by atoms with Gasteiger partial charge >= 0.3 is 0 Å². The molecule has 0 atom stereocenters. The Morgan fingerprint density at radius 1 is 1.06 bits per heavy atom. The Hall–Kier alpha value is -4.39. The Kier molecular flexibility index (Phi) is 4.91. The van der Waals surface area contributed by atoms with Crippen LogP contribution in [0.2, 0.25) is 0 Å². The smallest absolute Gasteiger partial charge is 0.261 e. The van der Waals surface area contributed by atoms with Crippen LogP contribution in [-0.4, -0.2) is 20.5 Å². The highest BCUT2D eigenvalue weighted by Crippen LogP contribution is 2.23. The molecule has 0 aliphatic heterocycles. The Morgan fingerprint density at radius 2 is 1.84 bits per heavy atom. The van der Waals surface area contributed by atoms with E-state index < -0.39 is 0 Å². The van der Waals surface area contributed by atoms with Gasteiger partial charge in [-0.3, -0.25) is 9.59 Å². The van der Waals surface area contributed by atoms with Crippen molar-refractivity contribution < 1.29 is 9.53 Å².